The van der Waals surface area contributed by atoms with E-state index in [1.165, 1.54) is 12.0 Å². The van der Waals surface area contributed by atoms with E-state index in [9.17, 15) is 4.79 Å². The van der Waals surface area contributed by atoms with Gasteiger partial charge in [-0.05, 0) is 44.3 Å². The van der Waals surface area contributed by atoms with Crippen LogP contribution in [0, 0.1) is 5.92 Å². The van der Waals surface area contributed by atoms with Crippen molar-refractivity contribution in [2.45, 2.75) is 32.2 Å². The molecule has 98 valence electrons. The van der Waals surface area contributed by atoms with Crippen LogP contribution in [0.15, 0.2) is 30.3 Å². The summed E-state index contributed by atoms with van der Waals surface area (Å²) in [4.78, 5) is 11.9. The van der Waals surface area contributed by atoms with Gasteiger partial charge < -0.3 is 10.6 Å². The molecule has 1 saturated heterocycles. The summed E-state index contributed by atoms with van der Waals surface area (Å²) in [5.74, 6) is 0.754. The van der Waals surface area contributed by atoms with Crippen molar-refractivity contribution in [3.05, 3.63) is 35.9 Å². The summed E-state index contributed by atoms with van der Waals surface area (Å²) in [6.07, 6.45) is 2.57. The van der Waals surface area contributed by atoms with Crippen LogP contribution in [0.1, 0.15) is 25.3 Å². The molecule has 0 aliphatic carbocycles. The lowest BCUT2D eigenvalue weighted by Gasteiger charge is -2.19. The van der Waals surface area contributed by atoms with Crippen molar-refractivity contribution >= 4 is 5.91 Å². The Balaban J connectivity index is 1.71. The Bertz CT molecular complexity index is 371. The highest BCUT2D eigenvalue weighted by Crippen LogP contribution is 2.12. The third kappa shape index (κ3) is 3.84. The fourth-order valence-corrected chi connectivity index (χ4v) is 2.45. The van der Waals surface area contributed by atoms with Gasteiger partial charge in [0.15, 0.2) is 0 Å². The zero-order chi connectivity index (χ0) is 12.8. The molecule has 2 atom stereocenters. The van der Waals surface area contributed by atoms with E-state index in [1.54, 1.807) is 0 Å². The third-order valence-electron chi connectivity index (χ3n) is 3.68. The molecule has 0 saturated carbocycles. The second-order valence-electron chi connectivity index (χ2n) is 5.09. The van der Waals surface area contributed by atoms with Crippen LogP contribution in [0.4, 0.5) is 0 Å². The van der Waals surface area contributed by atoms with Gasteiger partial charge in [0, 0.05) is 12.5 Å². The maximum absolute atomic E-state index is 11.9. The van der Waals surface area contributed by atoms with Crippen LogP contribution in [0.25, 0.3) is 0 Å². The molecule has 18 heavy (non-hydrogen) atoms. The smallest absolute Gasteiger partial charge is 0.220 e. The van der Waals surface area contributed by atoms with Crippen molar-refractivity contribution in [1.29, 1.82) is 0 Å². The number of aryl methyl sites for hydroxylation is 1. The average molecular weight is 246 g/mol. The molecule has 0 aromatic heterocycles. The largest absolute Gasteiger partial charge is 0.353 e. The van der Waals surface area contributed by atoms with Crippen LogP contribution in [0.3, 0.4) is 0 Å². The summed E-state index contributed by atoms with van der Waals surface area (Å²) in [7, 11) is 0. The van der Waals surface area contributed by atoms with Crippen LogP contribution in [0.2, 0.25) is 0 Å². The minimum atomic E-state index is 0.165. The molecule has 3 heteroatoms. The fourth-order valence-electron chi connectivity index (χ4n) is 2.45. The predicted octanol–water partition coefficient (Wildman–Crippen LogP) is 1.73. The van der Waals surface area contributed by atoms with E-state index in [-0.39, 0.29) is 11.9 Å². The number of amides is 1. The van der Waals surface area contributed by atoms with Crippen LogP contribution in [0.5, 0.6) is 0 Å². The highest BCUT2D eigenvalue weighted by atomic mass is 16.1. The Morgan fingerprint density at radius 2 is 2.22 bits per heavy atom. The summed E-state index contributed by atoms with van der Waals surface area (Å²) >= 11 is 0. The monoisotopic (exact) mass is 246 g/mol. The van der Waals surface area contributed by atoms with Crippen molar-refractivity contribution in [2.75, 3.05) is 13.1 Å². The quantitative estimate of drug-likeness (QED) is 0.831. The standard InChI is InChI=1S/C15H22N2O/c1-12(14-9-10-16-11-14)17-15(18)8-7-13-5-3-2-4-6-13/h2-6,12,14,16H,7-11H2,1H3,(H,17,18). The van der Waals surface area contributed by atoms with E-state index in [0.29, 0.717) is 12.3 Å². The van der Waals surface area contributed by atoms with Gasteiger partial charge in [-0.25, -0.2) is 0 Å². The van der Waals surface area contributed by atoms with Crippen molar-refractivity contribution in [1.82, 2.24) is 10.6 Å². The van der Waals surface area contributed by atoms with Crippen molar-refractivity contribution in [3.63, 3.8) is 0 Å². The lowest BCUT2D eigenvalue weighted by molar-refractivity contribution is -0.121. The highest BCUT2D eigenvalue weighted by molar-refractivity contribution is 5.76. The topological polar surface area (TPSA) is 41.1 Å². The first-order chi connectivity index (χ1) is 8.75. The molecule has 1 aromatic carbocycles. The molecule has 1 aliphatic rings. The fraction of sp³-hybridized carbons (Fsp3) is 0.533. The first-order valence-electron chi connectivity index (χ1n) is 6.79. The zero-order valence-corrected chi connectivity index (χ0v) is 11.0. The Morgan fingerprint density at radius 1 is 1.44 bits per heavy atom. The molecule has 0 bridgehead atoms. The molecule has 0 radical (unpaired) electrons. The lowest BCUT2D eigenvalue weighted by atomic mass is 10.0. The molecule has 1 aliphatic heterocycles. The van der Waals surface area contributed by atoms with Crippen LogP contribution < -0.4 is 10.6 Å². The summed E-state index contributed by atoms with van der Waals surface area (Å²) in [6, 6.07) is 10.4. The maximum atomic E-state index is 11.9. The van der Waals surface area contributed by atoms with Crippen molar-refractivity contribution in [2.24, 2.45) is 5.92 Å². The van der Waals surface area contributed by atoms with Gasteiger partial charge in [0.05, 0.1) is 0 Å². The van der Waals surface area contributed by atoms with Gasteiger partial charge in [-0.1, -0.05) is 30.3 Å². The molecule has 2 unspecified atom stereocenters. The van der Waals surface area contributed by atoms with Crippen LogP contribution >= 0.6 is 0 Å². The molecule has 2 N–H and O–H groups in total. The number of carbonyl (C=O) groups is 1. The Morgan fingerprint density at radius 3 is 2.89 bits per heavy atom. The first-order valence-corrected chi connectivity index (χ1v) is 6.79. The zero-order valence-electron chi connectivity index (χ0n) is 11.0. The van der Waals surface area contributed by atoms with E-state index in [2.05, 4.69) is 29.7 Å². The minimum absolute atomic E-state index is 0.165. The second-order valence-corrected chi connectivity index (χ2v) is 5.09. The number of benzene rings is 1. The van der Waals surface area contributed by atoms with Gasteiger partial charge in [-0.15, -0.1) is 0 Å². The van der Waals surface area contributed by atoms with Crippen molar-refractivity contribution < 1.29 is 4.79 Å². The molecule has 1 heterocycles. The van der Waals surface area contributed by atoms with E-state index in [4.69, 9.17) is 0 Å². The van der Waals surface area contributed by atoms with Crippen molar-refractivity contribution in [3.8, 4) is 0 Å². The normalized spacial score (nSPS) is 20.6. The summed E-state index contributed by atoms with van der Waals surface area (Å²) in [5, 5.41) is 6.45. The molecule has 0 spiro atoms. The van der Waals surface area contributed by atoms with E-state index in [0.717, 1.165) is 19.5 Å². The first kappa shape index (κ1) is 13.1. The van der Waals surface area contributed by atoms with Gasteiger partial charge >= 0.3 is 0 Å². The highest BCUT2D eigenvalue weighted by Gasteiger charge is 2.22. The Labute approximate surface area is 109 Å². The molecule has 1 amide bonds. The number of hydrogen-bond donors (Lipinski definition) is 2. The molecular weight excluding hydrogens is 224 g/mol. The van der Waals surface area contributed by atoms with Crippen LogP contribution in [-0.4, -0.2) is 25.0 Å². The minimum Gasteiger partial charge on any atom is -0.353 e. The lowest BCUT2D eigenvalue weighted by Crippen LogP contribution is -2.39. The average Bonchev–Trinajstić information content (AvgIpc) is 2.91. The summed E-state index contributed by atoms with van der Waals surface area (Å²) in [6.45, 7) is 4.22. The number of nitrogens with one attached hydrogen (secondary N) is 2. The van der Waals surface area contributed by atoms with Crippen LogP contribution in [-0.2, 0) is 11.2 Å². The van der Waals surface area contributed by atoms with E-state index >= 15 is 0 Å². The second kappa shape index (κ2) is 6.55. The molecule has 1 fully saturated rings. The molecule has 2 rings (SSSR count). The predicted molar refractivity (Wildman–Crippen MR) is 73.3 cm³/mol. The summed E-state index contributed by atoms with van der Waals surface area (Å²) < 4.78 is 0. The van der Waals surface area contributed by atoms with Gasteiger partial charge in [0.2, 0.25) is 5.91 Å². The molecule has 3 nitrogen and oxygen atoms in total. The number of carbonyl (C=O) groups excluding carboxylic acids is 1. The van der Waals surface area contributed by atoms with Gasteiger partial charge in [0.1, 0.15) is 0 Å². The molecular formula is C15H22N2O. The maximum Gasteiger partial charge on any atom is 0.220 e. The third-order valence-corrected chi connectivity index (χ3v) is 3.68. The molecule has 1 aromatic rings. The van der Waals surface area contributed by atoms with Gasteiger partial charge in [-0.2, -0.15) is 0 Å². The van der Waals surface area contributed by atoms with E-state index in [1.807, 2.05) is 18.2 Å². The number of rotatable bonds is 5. The van der Waals surface area contributed by atoms with Gasteiger partial charge in [-0.3, -0.25) is 4.79 Å². The number of hydrogen-bond acceptors (Lipinski definition) is 2. The SMILES string of the molecule is CC(NC(=O)CCc1ccccc1)C1CCNC1. The van der Waals surface area contributed by atoms with Gasteiger partial charge in [0.25, 0.3) is 0 Å². The summed E-state index contributed by atoms with van der Waals surface area (Å²) in [5.41, 5.74) is 1.22. The Hall–Kier alpha value is -1.35. The Kier molecular flexibility index (Phi) is 4.76. The van der Waals surface area contributed by atoms with E-state index < -0.39 is 0 Å².